The smallest absolute Gasteiger partial charge is 0.193 e. The predicted molar refractivity (Wildman–Crippen MR) is 49.3 cm³/mol. The molecule has 0 aromatic heterocycles. The molecule has 0 radical (unpaired) electrons. The first-order chi connectivity index (χ1) is 6.09. The molecule has 68 valence electrons. The van der Waals surface area contributed by atoms with E-state index in [2.05, 4.69) is 12.6 Å². The average Bonchev–Trinajstić information content (AvgIpc) is 2.04. The fourth-order valence-electron chi connectivity index (χ4n) is 0.875. The number of halogens is 1. The van der Waals surface area contributed by atoms with E-state index in [9.17, 15) is 14.0 Å². The van der Waals surface area contributed by atoms with Gasteiger partial charge < -0.3 is 0 Å². The van der Waals surface area contributed by atoms with Crippen LogP contribution in [-0.2, 0) is 4.79 Å². The Balaban J connectivity index is 2.78. The lowest BCUT2D eigenvalue weighted by Crippen LogP contribution is -2.03. The summed E-state index contributed by atoms with van der Waals surface area (Å²) < 4.78 is 12.4. The van der Waals surface area contributed by atoms with Gasteiger partial charge in [-0.05, 0) is 24.3 Å². The van der Waals surface area contributed by atoms with E-state index in [-0.39, 0.29) is 12.2 Å². The molecule has 0 saturated heterocycles. The molecule has 0 aliphatic heterocycles. The number of hydrogen-bond acceptors (Lipinski definition) is 2. The van der Waals surface area contributed by atoms with E-state index in [4.69, 9.17) is 0 Å². The molecule has 0 atom stereocenters. The van der Waals surface area contributed by atoms with Crippen molar-refractivity contribution in [3.63, 3.8) is 0 Å². The van der Waals surface area contributed by atoms with Crippen LogP contribution in [0.15, 0.2) is 24.3 Å². The second-order valence-corrected chi connectivity index (χ2v) is 3.00. The fraction of sp³-hybridized carbons (Fsp3) is 0.111. The lowest BCUT2D eigenvalue weighted by atomic mass is 10.1. The molecule has 0 bridgehead atoms. The summed E-state index contributed by atoms with van der Waals surface area (Å²) in [6.45, 7) is 0. The predicted octanol–water partition coefficient (Wildman–Crippen LogP) is 1.85. The maximum atomic E-state index is 12.4. The SMILES string of the molecule is O=C(S)CC(=O)c1ccc(F)cc1. The molecule has 13 heavy (non-hydrogen) atoms. The third kappa shape index (κ3) is 2.99. The summed E-state index contributed by atoms with van der Waals surface area (Å²) in [6, 6.07) is 5.04. The Bertz CT molecular complexity index is 332. The van der Waals surface area contributed by atoms with Crippen molar-refractivity contribution in [1.82, 2.24) is 0 Å². The minimum atomic E-state index is -0.491. The van der Waals surface area contributed by atoms with Crippen LogP contribution in [0.5, 0.6) is 0 Å². The molecule has 0 amide bonds. The van der Waals surface area contributed by atoms with Gasteiger partial charge in [0.05, 0.1) is 6.42 Å². The number of rotatable bonds is 3. The molecule has 0 N–H and O–H groups in total. The zero-order valence-corrected chi connectivity index (χ0v) is 7.55. The second-order valence-electron chi connectivity index (χ2n) is 2.50. The van der Waals surface area contributed by atoms with Crippen LogP contribution >= 0.6 is 12.6 Å². The Morgan fingerprint density at radius 2 is 1.77 bits per heavy atom. The zero-order valence-electron chi connectivity index (χ0n) is 6.66. The molecule has 0 spiro atoms. The van der Waals surface area contributed by atoms with Crippen molar-refractivity contribution in [1.29, 1.82) is 0 Å². The molecule has 0 aliphatic rings. The number of thiol groups is 1. The first-order valence-electron chi connectivity index (χ1n) is 3.60. The van der Waals surface area contributed by atoms with Crippen LogP contribution in [0.4, 0.5) is 4.39 Å². The summed E-state index contributed by atoms with van der Waals surface area (Å²) in [5.74, 6) is -0.756. The van der Waals surface area contributed by atoms with Crippen molar-refractivity contribution in [2.75, 3.05) is 0 Å². The molecule has 0 fully saturated rings. The second kappa shape index (κ2) is 4.18. The molecule has 0 heterocycles. The summed E-state index contributed by atoms with van der Waals surface area (Å²) in [6.07, 6.45) is -0.255. The van der Waals surface area contributed by atoms with Gasteiger partial charge in [0.25, 0.3) is 0 Å². The number of benzene rings is 1. The van der Waals surface area contributed by atoms with Gasteiger partial charge in [-0.2, -0.15) is 0 Å². The van der Waals surface area contributed by atoms with Crippen LogP contribution in [0.3, 0.4) is 0 Å². The topological polar surface area (TPSA) is 34.1 Å². The number of Topliss-reactive ketones (excluding diaryl/α,β-unsaturated/α-hetero) is 1. The molecule has 4 heteroatoms. The van der Waals surface area contributed by atoms with Crippen LogP contribution in [0.1, 0.15) is 16.8 Å². The van der Waals surface area contributed by atoms with Crippen molar-refractivity contribution in [3.05, 3.63) is 35.6 Å². The third-order valence-corrected chi connectivity index (χ3v) is 1.64. The number of carbonyl (C=O) groups excluding carboxylic acids is 2. The normalized spacial score (nSPS) is 9.69. The van der Waals surface area contributed by atoms with Gasteiger partial charge in [0.2, 0.25) is 0 Å². The largest absolute Gasteiger partial charge is 0.294 e. The van der Waals surface area contributed by atoms with Gasteiger partial charge in [0, 0.05) is 5.56 Å². The summed E-state index contributed by atoms with van der Waals surface area (Å²) >= 11 is 3.47. The number of carbonyl (C=O) groups is 2. The first kappa shape index (κ1) is 9.92. The van der Waals surface area contributed by atoms with E-state index in [0.717, 1.165) is 0 Å². The summed E-state index contributed by atoms with van der Waals surface area (Å²) in [5, 5.41) is -0.491. The highest BCUT2D eigenvalue weighted by Gasteiger charge is 2.08. The van der Waals surface area contributed by atoms with Gasteiger partial charge in [0.15, 0.2) is 10.9 Å². The Hall–Kier alpha value is -1.16. The maximum Gasteiger partial charge on any atom is 0.193 e. The third-order valence-electron chi connectivity index (χ3n) is 1.48. The Kier molecular flexibility index (Phi) is 3.19. The first-order valence-corrected chi connectivity index (χ1v) is 4.05. The van der Waals surface area contributed by atoms with E-state index >= 15 is 0 Å². The van der Waals surface area contributed by atoms with Crippen molar-refractivity contribution in [2.24, 2.45) is 0 Å². The molecule has 1 rings (SSSR count). The van der Waals surface area contributed by atoms with E-state index in [1.54, 1.807) is 0 Å². The summed E-state index contributed by atoms with van der Waals surface area (Å²) in [4.78, 5) is 21.6. The van der Waals surface area contributed by atoms with Crippen LogP contribution in [0, 0.1) is 5.82 Å². The Labute approximate surface area is 80.2 Å². The molecule has 0 aliphatic carbocycles. The van der Waals surface area contributed by atoms with Crippen LogP contribution in [0.25, 0.3) is 0 Å². The van der Waals surface area contributed by atoms with Gasteiger partial charge in [-0.25, -0.2) is 4.39 Å². The van der Waals surface area contributed by atoms with E-state index in [1.807, 2.05) is 0 Å². The van der Waals surface area contributed by atoms with E-state index < -0.39 is 10.9 Å². The van der Waals surface area contributed by atoms with E-state index in [0.29, 0.717) is 5.56 Å². The van der Waals surface area contributed by atoms with Crippen molar-refractivity contribution >= 4 is 23.5 Å². The minimum absolute atomic E-state index is 0.255. The number of ketones is 1. The van der Waals surface area contributed by atoms with Crippen LogP contribution in [0.2, 0.25) is 0 Å². The molecular formula is C9H7FO2S. The Morgan fingerprint density at radius 3 is 2.23 bits per heavy atom. The maximum absolute atomic E-state index is 12.4. The van der Waals surface area contributed by atoms with Gasteiger partial charge in [-0.1, -0.05) is 0 Å². The van der Waals surface area contributed by atoms with Crippen LogP contribution < -0.4 is 0 Å². The fourth-order valence-corrected chi connectivity index (χ4v) is 1.02. The standard InChI is InChI=1S/C9H7FO2S/c10-7-3-1-6(2-4-7)8(11)5-9(12)13/h1-4H,5H2,(H,12,13). The lowest BCUT2D eigenvalue weighted by Gasteiger charge is -1.96. The Morgan fingerprint density at radius 1 is 1.23 bits per heavy atom. The van der Waals surface area contributed by atoms with E-state index in [1.165, 1.54) is 24.3 Å². The van der Waals surface area contributed by atoms with Gasteiger partial charge in [0.1, 0.15) is 5.82 Å². The van der Waals surface area contributed by atoms with Gasteiger partial charge in [-0.3, -0.25) is 9.59 Å². The molecular weight excluding hydrogens is 191 g/mol. The molecule has 1 aromatic carbocycles. The highest BCUT2D eigenvalue weighted by atomic mass is 32.1. The molecule has 0 saturated carbocycles. The van der Waals surface area contributed by atoms with Gasteiger partial charge >= 0.3 is 0 Å². The number of hydrogen-bond donors (Lipinski definition) is 1. The highest BCUT2D eigenvalue weighted by Crippen LogP contribution is 2.06. The lowest BCUT2D eigenvalue weighted by molar-refractivity contribution is -0.110. The van der Waals surface area contributed by atoms with Crippen LogP contribution in [-0.4, -0.2) is 10.9 Å². The highest BCUT2D eigenvalue weighted by molar-refractivity contribution is 7.96. The monoisotopic (exact) mass is 198 g/mol. The minimum Gasteiger partial charge on any atom is -0.294 e. The van der Waals surface area contributed by atoms with Crippen molar-refractivity contribution in [3.8, 4) is 0 Å². The summed E-state index contributed by atoms with van der Waals surface area (Å²) in [7, 11) is 0. The summed E-state index contributed by atoms with van der Waals surface area (Å²) in [5.41, 5.74) is 0.323. The van der Waals surface area contributed by atoms with Gasteiger partial charge in [-0.15, -0.1) is 12.6 Å². The quantitative estimate of drug-likeness (QED) is 0.457. The van der Waals surface area contributed by atoms with Crippen molar-refractivity contribution < 1.29 is 14.0 Å². The molecule has 1 aromatic rings. The zero-order chi connectivity index (χ0) is 9.84. The molecule has 2 nitrogen and oxygen atoms in total. The van der Waals surface area contributed by atoms with Crippen molar-refractivity contribution in [2.45, 2.75) is 6.42 Å². The molecule has 0 unspecified atom stereocenters. The average molecular weight is 198 g/mol.